The van der Waals surface area contributed by atoms with Crippen LogP contribution in [0.2, 0.25) is 0 Å². The van der Waals surface area contributed by atoms with Gasteiger partial charge < -0.3 is 15.2 Å². The lowest BCUT2D eigenvalue weighted by atomic mass is 10.0. The number of anilines is 1. The Morgan fingerprint density at radius 1 is 0.950 bits per heavy atom. The van der Waals surface area contributed by atoms with E-state index in [1.807, 2.05) is 42.5 Å². The molecule has 106 valence electrons. The van der Waals surface area contributed by atoms with Crippen LogP contribution in [0.3, 0.4) is 0 Å². The van der Waals surface area contributed by atoms with E-state index in [1.165, 1.54) is 5.56 Å². The van der Waals surface area contributed by atoms with E-state index in [0.717, 1.165) is 11.5 Å². The summed E-state index contributed by atoms with van der Waals surface area (Å²) in [6, 6.07) is 15.5. The molecule has 20 heavy (non-hydrogen) atoms. The van der Waals surface area contributed by atoms with Crippen molar-refractivity contribution in [2.75, 3.05) is 18.9 Å². The zero-order valence-corrected chi connectivity index (χ0v) is 12.0. The van der Waals surface area contributed by atoms with Crippen molar-refractivity contribution in [1.29, 1.82) is 0 Å². The number of nitrogens with two attached hydrogens (primary N) is 1. The van der Waals surface area contributed by atoms with Gasteiger partial charge >= 0.3 is 0 Å². The van der Waals surface area contributed by atoms with Crippen molar-refractivity contribution in [3.8, 4) is 11.5 Å². The quantitative estimate of drug-likeness (QED) is 0.641. The topological polar surface area (TPSA) is 44.5 Å². The number of benzene rings is 2. The van der Waals surface area contributed by atoms with E-state index in [2.05, 4.69) is 19.9 Å². The van der Waals surface area contributed by atoms with Crippen molar-refractivity contribution >= 4 is 5.69 Å². The first kappa shape index (κ1) is 14.3. The summed E-state index contributed by atoms with van der Waals surface area (Å²) in [4.78, 5) is 0. The van der Waals surface area contributed by atoms with Gasteiger partial charge in [-0.1, -0.05) is 38.1 Å². The van der Waals surface area contributed by atoms with Crippen LogP contribution >= 0.6 is 0 Å². The lowest BCUT2D eigenvalue weighted by Crippen LogP contribution is -2.10. The molecule has 0 aliphatic rings. The van der Waals surface area contributed by atoms with Crippen LogP contribution in [0.15, 0.2) is 48.5 Å². The molecule has 0 amide bonds. The maximum atomic E-state index is 5.79. The van der Waals surface area contributed by atoms with Gasteiger partial charge in [-0.15, -0.1) is 0 Å². The fourth-order valence-corrected chi connectivity index (χ4v) is 2.00. The number of ether oxygens (including phenoxy) is 2. The molecule has 0 spiro atoms. The van der Waals surface area contributed by atoms with Crippen molar-refractivity contribution in [3.63, 3.8) is 0 Å². The molecule has 3 heteroatoms. The molecule has 0 radical (unpaired) electrons. The monoisotopic (exact) mass is 271 g/mol. The second-order valence-electron chi connectivity index (χ2n) is 4.96. The standard InChI is InChI=1S/C17H21NO2/c1-13(2)16-8-3-4-9-17(16)20-11-10-19-15-7-5-6-14(18)12-15/h3-9,12-13H,10-11,18H2,1-2H3. The normalized spacial score (nSPS) is 10.6. The van der Waals surface area contributed by atoms with Crippen LogP contribution < -0.4 is 15.2 Å². The third-order valence-electron chi connectivity index (χ3n) is 3.01. The van der Waals surface area contributed by atoms with Crippen molar-refractivity contribution < 1.29 is 9.47 Å². The maximum absolute atomic E-state index is 5.79. The van der Waals surface area contributed by atoms with Crippen LogP contribution in [0.5, 0.6) is 11.5 Å². The first-order chi connectivity index (χ1) is 9.66. The number of hydrogen-bond donors (Lipinski definition) is 1. The Kier molecular flexibility index (Phi) is 4.88. The van der Waals surface area contributed by atoms with Gasteiger partial charge in [-0.2, -0.15) is 0 Å². The first-order valence-corrected chi connectivity index (χ1v) is 6.87. The summed E-state index contributed by atoms with van der Waals surface area (Å²) in [6.07, 6.45) is 0. The zero-order chi connectivity index (χ0) is 14.4. The Bertz CT molecular complexity index is 552. The summed E-state index contributed by atoms with van der Waals surface area (Å²) in [6.45, 7) is 5.32. The highest BCUT2D eigenvalue weighted by Gasteiger charge is 2.06. The molecule has 2 aromatic carbocycles. The summed E-state index contributed by atoms with van der Waals surface area (Å²) < 4.78 is 11.4. The summed E-state index contributed by atoms with van der Waals surface area (Å²) in [5.41, 5.74) is 7.62. The molecular weight excluding hydrogens is 250 g/mol. The van der Waals surface area contributed by atoms with Gasteiger partial charge in [0.05, 0.1) is 0 Å². The molecule has 0 atom stereocenters. The smallest absolute Gasteiger partial charge is 0.122 e. The molecule has 0 heterocycles. The minimum Gasteiger partial charge on any atom is -0.490 e. The minimum absolute atomic E-state index is 0.445. The van der Waals surface area contributed by atoms with E-state index in [0.29, 0.717) is 24.8 Å². The van der Waals surface area contributed by atoms with E-state index in [1.54, 1.807) is 0 Å². The molecule has 0 fully saturated rings. The Morgan fingerprint density at radius 3 is 2.45 bits per heavy atom. The van der Waals surface area contributed by atoms with Crippen LogP contribution in [0.25, 0.3) is 0 Å². The van der Waals surface area contributed by atoms with Gasteiger partial charge in [0.15, 0.2) is 0 Å². The van der Waals surface area contributed by atoms with E-state index in [-0.39, 0.29) is 0 Å². The summed E-state index contributed by atoms with van der Waals surface area (Å²) in [7, 11) is 0. The van der Waals surface area contributed by atoms with Crippen LogP contribution in [-0.4, -0.2) is 13.2 Å². The van der Waals surface area contributed by atoms with Gasteiger partial charge in [-0.05, 0) is 29.7 Å². The largest absolute Gasteiger partial charge is 0.490 e. The lowest BCUT2D eigenvalue weighted by Gasteiger charge is -2.14. The molecule has 3 nitrogen and oxygen atoms in total. The molecule has 0 saturated heterocycles. The molecule has 0 aliphatic heterocycles. The number of para-hydroxylation sites is 1. The molecule has 0 saturated carbocycles. The maximum Gasteiger partial charge on any atom is 0.122 e. The zero-order valence-electron chi connectivity index (χ0n) is 12.0. The van der Waals surface area contributed by atoms with Crippen molar-refractivity contribution in [2.24, 2.45) is 0 Å². The van der Waals surface area contributed by atoms with Crippen LogP contribution in [0.1, 0.15) is 25.3 Å². The number of nitrogen functional groups attached to an aromatic ring is 1. The van der Waals surface area contributed by atoms with Crippen molar-refractivity contribution in [2.45, 2.75) is 19.8 Å². The second-order valence-corrected chi connectivity index (χ2v) is 4.96. The highest BCUT2D eigenvalue weighted by atomic mass is 16.5. The fourth-order valence-electron chi connectivity index (χ4n) is 2.00. The van der Waals surface area contributed by atoms with Gasteiger partial charge in [-0.25, -0.2) is 0 Å². The van der Waals surface area contributed by atoms with Gasteiger partial charge in [0.2, 0.25) is 0 Å². The van der Waals surface area contributed by atoms with Gasteiger partial charge in [0.1, 0.15) is 24.7 Å². The molecule has 0 unspecified atom stereocenters. The molecule has 0 aliphatic carbocycles. The van der Waals surface area contributed by atoms with Gasteiger partial charge in [0.25, 0.3) is 0 Å². The molecule has 2 N–H and O–H groups in total. The third-order valence-corrected chi connectivity index (χ3v) is 3.01. The summed E-state index contributed by atoms with van der Waals surface area (Å²) in [5.74, 6) is 2.14. The Hall–Kier alpha value is -2.16. The Morgan fingerprint density at radius 2 is 1.70 bits per heavy atom. The Labute approximate surface area is 120 Å². The minimum atomic E-state index is 0.445. The lowest BCUT2D eigenvalue weighted by molar-refractivity contribution is 0.215. The third kappa shape index (κ3) is 3.92. The van der Waals surface area contributed by atoms with E-state index < -0.39 is 0 Å². The number of rotatable bonds is 6. The SMILES string of the molecule is CC(C)c1ccccc1OCCOc1cccc(N)c1. The van der Waals surface area contributed by atoms with E-state index in [9.17, 15) is 0 Å². The fraction of sp³-hybridized carbons (Fsp3) is 0.294. The predicted octanol–water partition coefficient (Wildman–Crippen LogP) is 3.85. The number of hydrogen-bond acceptors (Lipinski definition) is 3. The van der Waals surface area contributed by atoms with Crippen LogP contribution in [0, 0.1) is 0 Å². The summed E-state index contributed by atoms with van der Waals surface area (Å²) in [5, 5.41) is 0. The molecule has 0 aromatic heterocycles. The Balaban J connectivity index is 1.84. The molecule has 2 rings (SSSR count). The van der Waals surface area contributed by atoms with Crippen molar-refractivity contribution in [1.82, 2.24) is 0 Å². The summed E-state index contributed by atoms with van der Waals surface area (Å²) >= 11 is 0. The molecule has 2 aromatic rings. The van der Waals surface area contributed by atoms with Crippen LogP contribution in [-0.2, 0) is 0 Å². The highest BCUT2D eigenvalue weighted by Crippen LogP contribution is 2.25. The van der Waals surface area contributed by atoms with Gasteiger partial charge in [0, 0.05) is 11.8 Å². The average molecular weight is 271 g/mol. The van der Waals surface area contributed by atoms with Crippen LogP contribution in [0.4, 0.5) is 5.69 Å². The average Bonchev–Trinajstić information content (AvgIpc) is 2.44. The highest BCUT2D eigenvalue weighted by molar-refractivity contribution is 5.43. The molecular formula is C17H21NO2. The second kappa shape index (κ2) is 6.85. The van der Waals surface area contributed by atoms with Gasteiger partial charge in [-0.3, -0.25) is 0 Å². The molecule has 0 bridgehead atoms. The first-order valence-electron chi connectivity index (χ1n) is 6.87. The predicted molar refractivity (Wildman–Crippen MR) is 82.4 cm³/mol. The van der Waals surface area contributed by atoms with Crippen molar-refractivity contribution in [3.05, 3.63) is 54.1 Å². The van der Waals surface area contributed by atoms with E-state index in [4.69, 9.17) is 15.2 Å². The van der Waals surface area contributed by atoms with E-state index >= 15 is 0 Å².